The smallest absolute Gasteiger partial charge is 0.224 e. The summed E-state index contributed by atoms with van der Waals surface area (Å²) in [6, 6.07) is 11.4. The van der Waals surface area contributed by atoms with Crippen LogP contribution >= 0.6 is 15.9 Å². The maximum atomic E-state index is 12.3. The molecule has 0 aliphatic carbocycles. The second-order valence-electron chi connectivity index (χ2n) is 5.56. The van der Waals surface area contributed by atoms with E-state index < -0.39 is 0 Å². The number of benzene rings is 2. The van der Waals surface area contributed by atoms with E-state index in [4.69, 9.17) is 14.2 Å². The zero-order valence-electron chi connectivity index (χ0n) is 14.0. The average Bonchev–Trinajstić information content (AvgIpc) is 2.62. The zero-order valence-corrected chi connectivity index (χ0v) is 15.6. The van der Waals surface area contributed by atoms with Crippen molar-refractivity contribution in [3.8, 4) is 17.2 Å². The summed E-state index contributed by atoms with van der Waals surface area (Å²) in [4.78, 5) is 12.3. The Morgan fingerprint density at radius 3 is 2.68 bits per heavy atom. The van der Waals surface area contributed by atoms with Gasteiger partial charge < -0.3 is 19.5 Å². The van der Waals surface area contributed by atoms with Crippen LogP contribution in [0, 0.1) is 0 Å². The number of aryl methyl sites for hydroxylation is 1. The van der Waals surface area contributed by atoms with Crippen molar-refractivity contribution in [3.63, 3.8) is 0 Å². The highest BCUT2D eigenvalue weighted by Gasteiger charge is 2.16. The molecule has 1 N–H and O–H groups in total. The largest absolute Gasteiger partial charge is 0.494 e. The van der Waals surface area contributed by atoms with Crippen molar-refractivity contribution in [1.29, 1.82) is 0 Å². The van der Waals surface area contributed by atoms with Gasteiger partial charge in [-0.1, -0.05) is 18.2 Å². The Kier molecular flexibility index (Phi) is 5.81. The summed E-state index contributed by atoms with van der Waals surface area (Å²) in [6.45, 7) is 3.59. The molecule has 0 spiro atoms. The van der Waals surface area contributed by atoms with Crippen molar-refractivity contribution in [2.75, 3.05) is 25.1 Å². The number of hydrogen-bond donors (Lipinski definition) is 1. The van der Waals surface area contributed by atoms with Crippen LogP contribution in [0.25, 0.3) is 0 Å². The number of hydrogen-bond acceptors (Lipinski definition) is 4. The standard InChI is InChI=1S/C19H20BrNO4/c1-2-23-16-6-4-3-5-13(16)7-8-19(22)21-15-12-18-17(11-14(15)20)24-9-10-25-18/h3-6,11-12H,2,7-10H2,1H3,(H,21,22). The van der Waals surface area contributed by atoms with Gasteiger partial charge in [0.2, 0.25) is 5.91 Å². The minimum Gasteiger partial charge on any atom is -0.494 e. The summed E-state index contributed by atoms with van der Waals surface area (Å²) in [7, 11) is 0. The molecule has 0 atom stereocenters. The molecule has 0 bridgehead atoms. The summed E-state index contributed by atoms with van der Waals surface area (Å²) in [5, 5.41) is 2.92. The van der Waals surface area contributed by atoms with Crippen molar-refractivity contribution in [2.45, 2.75) is 19.8 Å². The van der Waals surface area contributed by atoms with Crippen molar-refractivity contribution in [2.24, 2.45) is 0 Å². The molecule has 25 heavy (non-hydrogen) atoms. The zero-order chi connectivity index (χ0) is 17.6. The van der Waals surface area contributed by atoms with Crippen molar-refractivity contribution in [3.05, 3.63) is 46.4 Å². The molecule has 3 rings (SSSR count). The van der Waals surface area contributed by atoms with Crippen LogP contribution < -0.4 is 19.5 Å². The van der Waals surface area contributed by atoms with E-state index in [0.717, 1.165) is 15.8 Å². The third-order valence-corrected chi connectivity index (χ3v) is 4.46. The molecule has 2 aromatic carbocycles. The SMILES string of the molecule is CCOc1ccccc1CCC(=O)Nc1cc2c(cc1Br)OCCO2. The Balaban J connectivity index is 1.63. The molecule has 6 heteroatoms. The summed E-state index contributed by atoms with van der Waals surface area (Å²) < 4.78 is 17.4. The van der Waals surface area contributed by atoms with Gasteiger partial charge in [0.1, 0.15) is 19.0 Å². The molecule has 132 valence electrons. The first kappa shape index (κ1) is 17.6. The highest BCUT2D eigenvalue weighted by Crippen LogP contribution is 2.38. The second kappa shape index (κ2) is 8.25. The van der Waals surface area contributed by atoms with Crippen LogP contribution in [-0.4, -0.2) is 25.7 Å². The maximum absolute atomic E-state index is 12.3. The van der Waals surface area contributed by atoms with Gasteiger partial charge in [-0.3, -0.25) is 4.79 Å². The number of amides is 1. The van der Waals surface area contributed by atoms with Crippen molar-refractivity contribution >= 4 is 27.5 Å². The van der Waals surface area contributed by atoms with Gasteiger partial charge in [-0.25, -0.2) is 0 Å². The fourth-order valence-corrected chi connectivity index (χ4v) is 3.05. The van der Waals surface area contributed by atoms with Gasteiger partial charge in [0.25, 0.3) is 0 Å². The number of carbonyl (C=O) groups excluding carboxylic acids is 1. The van der Waals surface area contributed by atoms with Gasteiger partial charge in [0, 0.05) is 23.0 Å². The lowest BCUT2D eigenvalue weighted by atomic mass is 10.1. The van der Waals surface area contributed by atoms with E-state index in [1.165, 1.54) is 0 Å². The number of ether oxygens (including phenoxy) is 3. The molecule has 0 aromatic heterocycles. The monoisotopic (exact) mass is 405 g/mol. The lowest BCUT2D eigenvalue weighted by Crippen LogP contribution is -2.17. The minimum atomic E-state index is -0.0660. The van der Waals surface area contributed by atoms with Crippen LogP contribution in [0.3, 0.4) is 0 Å². The number of rotatable bonds is 6. The Hall–Kier alpha value is -2.21. The molecule has 1 amide bonds. The van der Waals surface area contributed by atoms with Crippen LogP contribution in [0.5, 0.6) is 17.2 Å². The van der Waals surface area contributed by atoms with Gasteiger partial charge in [-0.15, -0.1) is 0 Å². The fourth-order valence-electron chi connectivity index (χ4n) is 2.63. The van der Waals surface area contributed by atoms with Crippen LogP contribution in [0.1, 0.15) is 18.9 Å². The van der Waals surface area contributed by atoms with E-state index in [9.17, 15) is 4.79 Å². The molecule has 5 nitrogen and oxygen atoms in total. The summed E-state index contributed by atoms with van der Waals surface area (Å²) in [5.41, 5.74) is 1.70. The Bertz CT molecular complexity index is 763. The molecule has 1 heterocycles. The topological polar surface area (TPSA) is 56.8 Å². The molecule has 1 aliphatic heterocycles. The van der Waals surface area contributed by atoms with Crippen LogP contribution in [-0.2, 0) is 11.2 Å². The number of nitrogens with one attached hydrogen (secondary N) is 1. The predicted molar refractivity (Wildman–Crippen MR) is 99.7 cm³/mol. The van der Waals surface area contributed by atoms with E-state index in [0.29, 0.717) is 49.8 Å². The first-order valence-electron chi connectivity index (χ1n) is 8.27. The minimum absolute atomic E-state index is 0.0660. The maximum Gasteiger partial charge on any atom is 0.224 e. The highest BCUT2D eigenvalue weighted by atomic mass is 79.9. The van der Waals surface area contributed by atoms with Gasteiger partial charge in [0.15, 0.2) is 11.5 Å². The van der Waals surface area contributed by atoms with Crippen molar-refractivity contribution < 1.29 is 19.0 Å². The highest BCUT2D eigenvalue weighted by molar-refractivity contribution is 9.10. The molecule has 0 fully saturated rings. The summed E-state index contributed by atoms with van der Waals surface area (Å²) >= 11 is 3.46. The molecule has 0 saturated carbocycles. The average molecular weight is 406 g/mol. The lowest BCUT2D eigenvalue weighted by Gasteiger charge is -2.20. The molecular formula is C19H20BrNO4. The van der Waals surface area contributed by atoms with Crippen LogP contribution in [0.2, 0.25) is 0 Å². The lowest BCUT2D eigenvalue weighted by molar-refractivity contribution is -0.116. The fraction of sp³-hybridized carbons (Fsp3) is 0.316. The van der Waals surface area contributed by atoms with E-state index in [1.807, 2.05) is 37.3 Å². The van der Waals surface area contributed by atoms with Gasteiger partial charge in [0.05, 0.1) is 12.3 Å². The number of para-hydroxylation sites is 1. The Morgan fingerprint density at radius 1 is 1.20 bits per heavy atom. The predicted octanol–water partition coefficient (Wildman–Crippen LogP) is 4.19. The number of carbonyl (C=O) groups is 1. The van der Waals surface area contributed by atoms with Gasteiger partial charge in [-0.05, 0) is 40.9 Å². The molecule has 0 unspecified atom stereocenters. The molecule has 0 radical (unpaired) electrons. The van der Waals surface area contributed by atoms with Crippen molar-refractivity contribution in [1.82, 2.24) is 0 Å². The summed E-state index contributed by atoms with van der Waals surface area (Å²) in [5.74, 6) is 2.09. The number of anilines is 1. The van der Waals surface area contributed by atoms with E-state index in [-0.39, 0.29) is 5.91 Å². The molecule has 2 aromatic rings. The third kappa shape index (κ3) is 4.45. The molecule has 1 aliphatic rings. The Morgan fingerprint density at radius 2 is 1.92 bits per heavy atom. The van der Waals surface area contributed by atoms with Crippen LogP contribution in [0.4, 0.5) is 5.69 Å². The van der Waals surface area contributed by atoms with E-state index in [1.54, 1.807) is 6.07 Å². The van der Waals surface area contributed by atoms with Crippen LogP contribution in [0.15, 0.2) is 40.9 Å². The van der Waals surface area contributed by atoms with Gasteiger partial charge in [-0.2, -0.15) is 0 Å². The first-order chi connectivity index (χ1) is 12.2. The Labute approximate surface area is 155 Å². The summed E-state index contributed by atoms with van der Waals surface area (Å²) in [6.07, 6.45) is 0.981. The molecular weight excluding hydrogens is 386 g/mol. The third-order valence-electron chi connectivity index (χ3n) is 3.80. The normalized spacial score (nSPS) is 12.6. The number of fused-ring (bicyclic) bond motifs is 1. The molecule has 0 saturated heterocycles. The van der Waals surface area contributed by atoms with Gasteiger partial charge >= 0.3 is 0 Å². The van der Waals surface area contributed by atoms with E-state index in [2.05, 4.69) is 21.2 Å². The van der Waals surface area contributed by atoms with E-state index >= 15 is 0 Å². The quantitative estimate of drug-likeness (QED) is 0.782. The second-order valence-corrected chi connectivity index (χ2v) is 6.42. The first-order valence-corrected chi connectivity index (χ1v) is 9.06. The number of halogens is 1.